The average molecular weight is 515 g/mol. The Balaban J connectivity index is 1.64. The first-order valence-electron chi connectivity index (χ1n) is 12.7. The molecule has 1 fully saturated rings. The van der Waals surface area contributed by atoms with Crippen molar-refractivity contribution >= 4 is 17.4 Å². The molecule has 0 bridgehead atoms. The molecule has 1 amide bonds. The molecule has 1 atom stereocenters. The number of benzene rings is 3. The highest BCUT2D eigenvalue weighted by Crippen LogP contribution is 2.39. The first-order chi connectivity index (χ1) is 18.3. The number of carbonyl (C=O) groups excluding carboxylic acids is 2. The van der Waals surface area contributed by atoms with Crippen LogP contribution in [0.5, 0.6) is 11.5 Å². The lowest BCUT2D eigenvalue weighted by molar-refractivity contribution is -0.140. The van der Waals surface area contributed by atoms with Crippen molar-refractivity contribution in [2.75, 3.05) is 33.8 Å². The molecule has 1 unspecified atom stereocenters. The van der Waals surface area contributed by atoms with Gasteiger partial charge in [-0.3, -0.25) is 9.59 Å². The zero-order valence-corrected chi connectivity index (χ0v) is 22.3. The summed E-state index contributed by atoms with van der Waals surface area (Å²) in [5, 5.41) is 11.3. The van der Waals surface area contributed by atoms with Gasteiger partial charge in [0.25, 0.3) is 11.7 Å². The van der Waals surface area contributed by atoms with Crippen LogP contribution in [0, 0.1) is 6.92 Å². The molecule has 0 saturated carbocycles. The quantitative estimate of drug-likeness (QED) is 0.234. The number of nitrogens with zero attached hydrogens (tertiary/aromatic N) is 2. The summed E-state index contributed by atoms with van der Waals surface area (Å²) < 4.78 is 11.4. The third-order valence-electron chi connectivity index (χ3n) is 6.45. The van der Waals surface area contributed by atoms with Gasteiger partial charge in [0.2, 0.25) is 0 Å². The number of aryl methyl sites for hydroxylation is 1. The van der Waals surface area contributed by atoms with Crippen LogP contribution in [0.2, 0.25) is 0 Å². The Hall–Kier alpha value is -4.10. The average Bonchev–Trinajstić information content (AvgIpc) is 3.16. The van der Waals surface area contributed by atoms with Crippen LogP contribution in [-0.2, 0) is 16.2 Å². The van der Waals surface area contributed by atoms with Crippen molar-refractivity contribution in [2.45, 2.75) is 26.5 Å². The molecule has 7 heteroatoms. The third-order valence-corrected chi connectivity index (χ3v) is 6.45. The van der Waals surface area contributed by atoms with E-state index in [-0.39, 0.29) is 11.3 Å². The zero-order chi connectivity index (χ0) is 27.2. The largest absolute Gasteiger partial charge is 0.507 e. The van der Waals surface area contributed by atoms with E-state index in [1.807, 2.05) is 75.3 Å². The molecule has 1 heterocycles. The summed E-state index contributed by atoms with van der Waals surface area (Å²) in [7, 11) is 3.82. The minimum absolute atomic E-state index is 0.0753. The molecule has 0 spiro atoms. The Morgan fingerprint density at radius 3 is 2.24 bits per heavy atom. The lowest BCUT2D eigenvalue weighted by atomic mass is 9.95. The predicted molar refractivity (Wildman–Crippen MR) is 147 cm³/mol. The highest BCUT2D eigenvalue weighted by atomic mass is 16.5. The summed E-state index contributed by atoms with van der Waals surface area (Å²) in [6.07, 6.45) is 0. The highest BCUT2D eigenvalue weighted by Gasteiger charge is 2.45. The maximum atomic E-state index is 13.2. The van der Waals surface area contributed by atoms with Crippen LogP contribution in [-0.4, -0.2) is 60.4 Å². The van der Waals surface area contributed by atoms with Gasteiger partial charge in [-0.05, 0) is 75.5 Å². The lowest BCUT2D eigenvalue weighted by Crippen LogP contribution is -2.35. The number of aliphatic hydroxyl groups excluding tert-OH is 1. The summed E-state index contributed by atoms with van der Waals surface area (Å²) in [5.74, 6) is -0.189. The number of ether oxygens (including phenoxy) is 2. The first-order valence-corrected chi connectivity index (χ1v) is 12.7. The summed E-state index contributed by atoms with van der Waals surface area (Å²) >= 11 is 0. The van der Waals surface area contributed by atoms with Gasteiger partial charge in [-0.2, -0.15) is 0 Å². The molecule has 7 nitrogen and oxygen atoms in total. The summed E-state index contributed by atoms with van der Waals surface area (Å²) in [6.45, 7) is 5.81. The van der Waals surface area contributed by atoms with Gasteiger partial charge in [0.15, 0.2) is 0 Å². The lowest BCUT2D eigenvalue weighted by Gasteiger charge is -2.26. The molecular formula is C31H34N2O5. The molecule has 3 aromatic rings. The number of aliphatic hydroxyl groups is 1. The number of likely N-dealkylation sites (tertiary alicyclic amines) is 1. The van der Waals surface area contributed by atoms with Crippen molar-refractivity contribution in [3.63, 3.8) is 0 Å². The van der Waals surface area contributed by atoms with E-state index in [1.165, 1.54) is 4.90 Å². The fourth-order valence-electron chi connectivity index (χ4n) is 4.51. The minimum atomic E-state index is -0.706. The van der Waals surface area contributed by atoms with Gasteiger partial charge in [-0.1, -0.05) is 42.0 Å². The van der Waals surface area contributed by atoms with E-state index in [9.17, 15) is 14.7 Å². The minimum Gasteiger partial charge on any atom is -0.507 e. The van der Waals surface area contributed by atoms with Gasteiger partial charge in [-0.15, -0.1) is 0 Å². The van der Waals surface area contributed by atoms with Crippen molar-refractivity contribution in [3.8, 4) is 11.5 Å². The van der Waals surface area contributed by atoms with Crippen molar-refractivity contribution in [3.05, 3.63) is 101 Å². The second kappa shape index (κ2) is 12.0. The molecule has 1 N–H and O–H groups in total. The van der Waals surface area contributed by atoms with Crippen LogP contribution in [0.3, 0.4) is 0 Å². The SMILES string of the molecule is CCOc1ccc(C2/C(=C(/O)c3ccc(OCc4cccc(C)c4)cc3)C(=O)C(=O)N2CCN(C)C)cc1. The number of hydrogen-bond acceptors (Lipinski definition) is 6. The predicted octanol–water partition coefficient (Wildman–Crippen LogP) is 4.96. The van der Waals surface area contributed by atoms with E-state index < -0.39 is 17.7 Å². The molecule has 4 rings (SSSR count). The number of likely N-dealkylation sites (N-methyl/N-ethyl adjacent to an activating group) is 1. The number of carbonyl (C=O) groups is 2. The van der Waals surface area contributed by atoms with Gasteiger partial charge in [-0.25, -0.2) is 0 Å². The summed E-state index contributed by atoms with van der Waals surface area (Å²) in [4.78, 5) is 29.8. The molecule has 1 saturated heterocycles. The molecule has 0 aliphatic carbocycles. The van der Waals surface area contributed by atoms with Gasteiger partial charge in [0.1, 0.15) is 23.9 Å². The highest BCUT2D eigenvalue weighted by molar-refractivity contribution is 6.46. The fourth-order valence-corrected chi connectivity index (χ4v) is 4.51. The summed E-state index contributed by atoms with van der Waals surface area (Å²) in [6, 6.07) is 21.6. The normalized spacial score (nSPS) is 16.8. The second-order valence-corrected chi connectivity index (χ2v) is 9.60. The molecule has 1 aliphatic heterocycles. The fraction of sp³-hybridized carbons (Fsp3) is 0.290. The van der Waals surface area contributed by atoms with Crippen LogP contribution in [0.25, 0.3) is 5.76 Å². The van der Waals surface area contributed by atoms with Crippen molar-refractivity contribution in [1.82, 2.24) is 9.80 Å². The maximum Gasteiger partial charge on any atom is 0.295 e. The van der Waals surface area contributed by atoms with E-state index in [0.29, 0.717) is 43.4 Å². The smallest absolute Gasteiger partial charge is 0.295 e. The van der Waals surface area contributed by atoms with Crippen molar-refractivity contribution < 1.29 is 24.2 Å². The molecule has 38 heavy (non-hydrogen) atoms. The van der Waals surface area contributed by atoms with E-state index in [1.54, 1.807) is 24.3 Å². The van der Waals surface area contributed by atoms with E-state index in [4.69, 9.17) is 9.47 Å². The Morgan fingerprint density at radius 1 is 0.947 bits per heavy atom. The number of ketones is 1. The third kappa shape index (κ3) is 6.06. The Kier molecular flexibility index (Phi) is 8.48. The van der Waals surface area contributed by atoms with Gasteiger partial charge in [0, 0.05) is 18.7 Å². The topological polar surface area (TPSA) is 79.3 Å². The van der Waals surface area contributed by atoms with Crippen molar-refractivity contribution in [2.24, 2.45) is 0 Å². The number of rotatable bonds is 10. The van der Waals surface area contributed by atoms with Crippen LogP contribution >= 0.6 is 0 Å². The molecule has 3 aromatic carbocycles. The second-order valence-electron chi connectivity index (χ2n) is 9.60. The number of hydrogen-bond donors (Lipinski definition) is 1. The van der Waals surface area contributed by atoms with Gasteiger partial charge < -0.3 is 24.4 Å². The van der Waals surface area contributed by atoms with Gasteiger partial charge in [0.05, 0.1) is 18.2 Å². The molecule has 0 radical (unpaired) electrons. The van der Waals surface area contributed by atoms with Crippen LogP contribution in [0.4, 0.5) is 0 Å². The summed E-state index contributed by atoms with van der Waals surface area (Å²) in [5.41, 5.74) is 3.47. The Morgan fingerprint density at radius 2 is 1.61 bits per heavy atom. The first kappa shape index (κ1) is 26.9. The number of Topliss-reactive ketones (excluding diaryl/α,β-unsaturated/α-hetero) is 1. The Bertz CT molecular complexity index is 1310. The zero-order valence-electron chi connectivity index (χ0n) is 22.3. The van der Waals surface area contributed by atoms with E-state index >= 15 is 0 Å². The number of amides is 1. The van der Waals surface area contributed by atoms with E-state index in [2.05, 4.69) is 6.07 Å². The molecular weight excluding hydrogens is 480 g/mol. The van der Waals surface area contributed by atoms with Crippen LogP contribution < -0.4 is 9.47 Å². The molecule has 198 valence electrons. The maximum absolute atomic E-state index is 13.2. The molecule has 1 aliphatic rings. The van der Waals surface area contributed by atoms with Crippen LogP contribution in [0.15, 0.2) is 78.4 Å². The van der Waals surface area contributed by atoms with E-state index in [0.717, 1.165) is 16.7 Å². The standard InChI is InChI=1S/C31H34N2O5/c1-5-37-25-13-9-23(10-14-25)28-27(30(35)31(36)33(28)18-17-32(3)4)29(34)24-11-15-26(16-12-24)38-20-22-8-6-7-21(2)19-22/h6-16,19,28,34H,5,17-18,20H2,1-4H3/b29-27-. The van der Waals surface area contributed by atoms with Crippen LogP contribution in [0.1, 0.15) is 35.2 Å². The monoisotopic (exact) mass is 514 g/mol. The Labute approximate surface area is 223 Å². The van der Waals surface area contributed by atoms with Crippen molar-refractivity contribution in [1.29, 1.82) is 0 Å². The van der Waals surface area contributed by atoms with Gasteiger partial charge >= 0.3 is 0 Å². The molecule has 0 aromatic heterocycles.